The molecule has 0 aromatic rings. The van der Waals surface area contributed by atoms with Gasteiger partial charge in [-0.05, 0) is 39.2 Å². The van der Waals surface area contributed by atoms with Gasteiger partial charge in [0.25, 0.3) is 0 Å². The van der Waals surface area contributed by atoms with Crippen molar-refractivity contribution in [3.8, 4) is 0 Å². The van der Waals surface area contributed by atoms with Crippen LogP contribution < -0.4 is 5.32 Å². The summed E-state index contributed by atoms with van der Waals surface area (Å²) in [5, 5.41) is 3.28. The van der Waals surface area contributed by atoms with Crippen molar-refractivity contribution < 1.29 is 14.3 Å². The van der Waals surface area contributed by atoms with Crippen molar-refractivity contribution in [2.75, 3.05) is 32.8 Å². The van der Waals surface area contributed by atoms with Crippen LogP contribution in [0.25, 0.3) is 0 Å². The third-order valence-electron chi connectivity index (χ3n) is 4.07. The van der Waals surface area contributed by atoms with Gasteiger partial charge in [0.15, 0.2) is 0 Å². The lowest BCUT2D eigenvalue weighted by molar-refractivity contribution is -0.151. The summed E-state index contributed by atoms with van der Waals surface area (Å²) in [6.45, 7) is 5.47. The van der Waals surface area contributed by atoms with Crippen LogP contribution in [-0.4, -0.2) is 49.6 Å². The smallest absolute Gasteiger partial charge is 0.309 e. The van der Waals surface area contributed by atoms with E-state index in [9.17, 15) is 9.59 Å². The van der Waals surface area contributed by atoms with Crippen LogP contribution >= 0.6 is 12.4 Å². The molecule has 1 amide bonds. The van der Waals surface area contributed by atoms with E-state index in [0.717, 1.165) is 38.8 Å². The first-order valence-electron chi connectivity index (χ1n) is 7.38. The number of likely N-dealkylation sites (tertiary alicyclic amines) is 1. The molecule has 0 aliphatic carbocycles. The summed E-state index contributed by atoms with van der Waals surface area (Å²) in [7, 11) is 0. The molecule has 2 aliphatic heterocycles. The maximum atomic E-state index is 12.3. The molecule has 1 N–H and O–H groups in total. The Balaban J connectivity index is 0.00000200. The Kier molecular flexibility index (Phi) is 7.30. The van der Waals surface area contributed by atoms with Gasteiger partial charge < -0.3 is 15.0 Å². The molecule has 0 radical (unpaired) electrons. The fraction of sp³-hybridized carbons (Fsp3) is 0.857. The lowest BCUT2D eigenvalue weighted by atomic mass is 9.93. The second-order valence-electron chi connectivity index (χ2n) is 5.39. The van der Waals surface area contributed by atoms with Crippen LogP contribution in [0.2, 0.25) is 0 Å². The number of nitrogens with one attached hydrogen (secondary N) is 1. The number of hydrogen-bond acceptors (Lipinski definition) is 4. The van der Waals surface area contributed by atoms with Crippen molar-refractivity contribution >= 4 is 24.3 Å². The van der Waals surface area contributed by atoms with Crippen molar-refractivity contribution in [2.24, 2.45) is 11.8 Å². The van der Waals surface area contributed by atoms with Gasteiger partial charge in [0.1, 0.15) is 0 Å². The molecule has 0 aromatic heterocycles. The molecule has 0 bridgehead atoms. The van der Waals surface area contributed by atoms with Crippen molar-refractivity contribution in [3.63, 3.8) is 0 Å². The van der Waals surface area contributed by atoms with Crippen molar-refractivity contribution in [1.82, 2.24) is 10.2 Å². The molecule has 1 atom stereocenters. The molecule has 2 saturated heterocycles. The van der Waals surface area contributed by atoms with Gasteiger partial charge in [0, 0.05) is 19.6 Å². The van der Waals surface area contributed by atoms with Crippen molar-refractivity contribution in [2.45, 2.75) is 32.6 Å². The second kappa shape index (κ2) is 8.47. The van der Waals surface area contributed by atoms with E-state index in [-0.39, 0.29) is 36.1 Å². The largest absolute Gasteiger partial charge is 0.466 e. The third kappa shape index (κ3) is 4.35. The monoisotopic (exact) mass is 304 g/mol. The van der Waals surface area contributed by atoms with Gasteiger partial charge in [-0.2, -0.15) is 0 Å². The zero-order valence-corrected chi connectivity index (χ0v) is 12.9. The number of nitrogens with zero attached hydrogens (tertiary/aromatic N) is 1. The number of rotatable bonds is 3. The first-order valence-corrected chi connectivity index (χ1v) is 7.38. The molecule has 0 aromatic carbocycles. The summed E-state index contributed by atoms with van der Waals surface area (Å²) in [5.74, 6) is 0.268. The first-order chi connectivity index (χ1) is 9.22. The lowest BCUT2D eigenvalue weighted by Crippen LogP contribution is -2.47. The van der Waals surface area contributed by atoms with E-state index in [2.05, 4.69) is 5.32 Å². The highest BCUT2D eigenvalue weighted by molar-refractivity contribution is 5.85. The van der Waals surface area contributed by atoms with E-state index in [0.29, 0.717) is 19.7 Å². The quantitative estimate of drug-likeness (QED) is 0.796. The molecule has 5 nitrogen and oxygen atoms in total. The zero-order chi connectivity index (χ0) is 13.7. The Morgan fingerprint density at radius 3 is 2.45 bits per heavy atom. The number of ether oxygens (including phenoxy) is 1. The van der Waals surface area contributed by atoms with E-state index in [1.807, 2.05) is 11.8 Å². The summed E-state index contributed by atoms with van der Waals surface area (Å²) >= 11 is 0. The predicted molar refractivity (Wildman–Crippen MR) is 78.8 cm³/mol. The van der Waals surface area contributed by atoms with Gasteiger partial charge in [0.05, 0.1) is 18.4 Å². The highest BCUT2D eigenvalue weighted by Crippen LogP contribution is 2.22. The molecular weight excluding hydrogens is 280 g/mol. The fourth-order valence-corrected chi connectivity index (χ4v) is 2.92. The van der Waals surface area contributed by atoms with Gasteiger partial charge in [-0.1, -0.05) is 0 Å². The molecule has 0 spiro atoms. The Bertz CT molecular complexity index is 324. The third-order valence-corrected chi connectivity index (χ3v) is 4.07. The van der Waals surface area contributed by atoms with E-state index in [4.69, 9.17) is 4.74 Å². The topological polar surface area (TPSA) is 58.6 Å². The van der Waals surface area contributed by atoms with Crippen LogP contribution in [-0.2, 0) is 14.3 Å². The molecule has 0 saturated carbocycles. The highest BCUT2D eigenvalue weighted by Gasteiger charge is 2.31. The molecule has 2 rings (SSSR count). The lowest BCUT2D eigenvalue weighted by Gasteiger charge is -2.34. The molecule has 2 aliphatic rings. The van der Waals surface area contributed by atoms with Crippen LogP contribution in [0.4, 0.5) is 0 Å². The number of carbonyl (C=O) groups is 2. The minimum Gasteiger partial charge on any atom is -0.466 e. The molecule has 6 heteroatoms. The summed E-state index contributed by atoms with van der Waals surface area (Å²) in [6, 6.07) is 0. The van der Waals surface area contributed by atoms with Crippen LogP contribution in [0.5, 0.6) is 0 Å². The Morgan fingerprint density at radius 2 is 1.90 bits per heavy atom. The molecule has 2 fully saturated rings. The maximum Gasteiger partial charge on any atom is 0.309 e. The van der Waals surface area contributed by atoms with E-state index < -0.39 is 0 Å². The molecule has 20 heavy (non-hydrogen) atoms. The number of hydrogen-bond donors (Lipinski definition) is 1. The van der Waals surface area contributed by atoms with Gasteiger partial charge in [-0.15, -0.1) is 12.4 Å². The van der Waals surface area contributed by atoms with Gasteiger partial charge in [-0.3, -0.25) is 9.59 Å². The number of amides is 1. The van der Waals surface area contributed by atoms with Crippen molar-refractivity contribution in [1.29, 1.82) is 0 Å². The zero-order valence-electron chi connectivity index (χ0n) is 12.1. The number of halogens is 1. The average molecular weight is 305 g/mol. The summed E-state index contributed by atoms with van der Waals surface area (Å²) in [4.78, 5) is 25.9. The van der Waals surface area contributed by atoms with Crippen LogP contribution in [0, 0.1) is 11.8 Å². The summed E-state index contributed by atoms with van der Waals surface area (Å²) in [6.07, 6.45) is 3.55. The fourth-order valence-electron chi connectivity index (χ4n) is 2.92. The number of esters is 1. The molecule has 116 valence electrons. The first kappa shape index (κ1) is 17.2. The maximum absolute atomic E-state index is 12.3. The summed E-state index contributed by atoms with van der Waals surface area (Å²) in [5.41, 5.74) is 0. The van der Waals surface area contributed by atoms with Gasteiger partial charge >= 0.3 is 5.97 Å². The van der Waals surface area contributed by atoms with Crippen LogP contribution in [0.3, 0.4) is 0 Å². The predicted octanol–water partition coefficient (Wildman–Crippen LogP) is 1.21. The Hall–Kier alpha value is -0.810. The number of carbonyl (C=O) groups excluding carboxylic acids is 2. The highest BCUT2D eigenvalue weighted by atomic mass is 35.5. The Morgan fingerprint density at radius 1 is 1.20 bits per heavy atom. The van der Waals surface area contributed by atoms with E-state index in [1.54, 1.807) is 0 Å². The number of piperidine rings is 2. The minimum atomic E-state index is -0.103. The standard InChI is InChI=1S/C14H24N2O3.ClH/c1-2-19-14(18)11-5-8-16(9-6-11)13(17)12-4-3-7-15-10-12;/h11-12,15H,2-10H2,1H3;1H/t12-;/m1./s1. The van der Waals surface area contributed by atoms with Crippen LogP contribution in [0.1, 0.15) is 32.6 Å². The molecular formula is C14H25ClN2O3. The Labute approximate surface area is 126 Å². The SMILES string of the molecule is CCOC(=O)C1CCN(C(=O)[C@@H]2CCCNC2)CC1.Cl. The molecule has 0 unspecified atom stereocenters. The van der Waals surface area contributed by atoms with Gasteiger partial charge in [-0.25, -0.2) is 0 Å². The van der Waals surface area contributed by atoms with Crippen LogP contribution in [0.15, 0.2) is 0 Å². The van der Waals surface area contributed by atoms with Gasteiger partial charge in [0.2, 0.25) is 5.91 Å². The van der Waals surface area contributed by atoms with E-state index >= 15 is 0 Å². The summed E-state index contributed by atoms with van der Waals surface area (Å²) < 4.78 is 5.04. The average Bonchev–Trinajstić information content (AvgIpc) is 2.48. The van der Waals surface area contributed by atoms with E-state index in [1.165, 1.54) is 0 Å². The molecule has 2 heterocycles. The van der Waals surface area contributed by atoms with Crippen molar-refractivity contribution in [3.05, 3.63) is 0 Å². The second-order valence-corrected chi connectivity index (χ2v) is 5.39. The normalized spacial score (nSPS) is 23.9. The minimum absolute atomic E-state index is 0.